The minimum atomic E-state index is -1.11. The highest BCUT2D eigenvalue weighted by molar-refractivity contribution is 7.80. The predicted molar refractivity (Wildman–Crippen MR) is 150 cm³/mol. The summed E-state index contributed by atoms with van der Waals surface area (Å²) in [6.07, 6.45) is 0. The Hall–Kier alpha value is -2.66. The van der Waals surface area contributed by atoms with Gasteiger partial charge in [0, 0.05) is 23.6 Å². The van der Waals surface area contributed by atoms with E-state index in [0.29, 0.717) is 23.7 Å². The number of nitrogens with one attached hydrogen (secondary N) is 2. The Morgan fingerprint density at radius 3 is 1.74 bits per heavy atom. The van der Waals surface area contributed by atoms with Crippen LogP contribution in [0.1, 0.15) is 27.7 Å². The van der Waals surface area contributed by atoms with E-state index >= 15 is 0 Å². The van der Waals surface area contributed by atoms with Crippen LogP contribution in [0.2, 0.25) is 0 Å². The van der Waals surface area contributed by atoms with Crippen LogP contribution < -0.4 is 20.0 Å². The monoisotopic (exact) mass is 492 g/mol. The maximum atomic E-state index is 6.94. The molecule has 1 heterocycles. The summed E-state index contributed by atoms with van der Waals surface area (Å²) in [5, 5.41) is 7.17. The number of nitrogens with zero attached hydrogens (tertiary/aromatic N) is 2. The molecule has 4 rings (SSSR count). The van der Waals surface area contributed by atoms with Gasteiger partial charge in [0.1, 0.15) is 0 Å². The van der Waals surface area contributed by atoms with Crippen molar-refractivity contribution in [2.24, 2.45) is 0 Å². The third kappa shape index (κ3) is 5.69. The Labute approximate surface area is 210 Å². The average molecular weight is 493 g/mol. The van der Waals surface area contributed by atoms with Crippen LogP contribution in [0.5, 0.6) is 0 Å². The van der Waals surface area contributed by atoms with E-state index in [2.05, 4.69) is 108 Å². The summed E-state index contributed by atoms with van der Waals surface area (Å²) in [6.45, 7) is 9.38. The van der Waals surface area contributed by atoms with Crippen LogP contribution in [0.25, 0.3) is 0 Å². The van der Waals surface area contributed by atoms with Gasteiger partial charge < -0.3 is 24.5 Å². The molecular weight excluding hydrogens is 459 g/mol. The molecule has 2 N–H and O–H groups in total. The molecule has 1 aliphatic rings. The molecule has 2 atom stereocenters. The first-order chi connectivity index (χ1) is 16.4. The number of hydrogen-bond donors (Lipinski definition) is 2. The second-order valence-electron chi connectivity index (χ2n) is 9.12. The lowest BCUT2D eigenvalue weighted by molar-refractivity contribution is 0.131. The van der Waals surface area contributed by atoms with Gasteiger partial charge in [-0.25, -0.2) is 0 Å². The summed E-state index contributed by atoms with van der Waals surface area (Å²) in [5.41, 5.74) is 2.86. The highest BCUT2D eigenvalue weighted by Gasteiger charge is 2.47. The molecule has 3 aromatic rings. The summed E-state index contributed by atoms with van der Waals surface area (Å²) in [5.74, 6) is 0. The van der Waals surface area contributed by atoms with Crippen molar-refractivity contribution in [1.29, 1.82) is 0 Å². The number of thiocarbonyl (C=S) groups is 1. The minimum Gasteiger partial charge on any atom is -0.360 e. The lowest BCUT2D eigenvalue weighted by atomic mass is 10.1. The van der Waals surface area contributed by atoms with E-state index in [1.165, 1.54) is 11.4 Å². The SMILES string of the molecule is C[C@@H]1[C@@H](C)N(c2ccccc2)P(OC(C)(C)CNC(=S)Nc2ccccc2)N1c1ccccc1. The highest BCUT2D eigenvalue weighted by Crippen LogP contribution is 2.60. The van der Waals surface area contributed by atoms with Crippen molar-refractivity contribution in [3.05, 3.63) is 91.0 Å². The fraction of sp³-hybridized carbons (Fsp3) is 0.296. The zero-order chi connectivity index (χ0) is 24.1. The summed E-state index contributed by atoms with van der Waals surface area (Å²) in [6, 6.07) is 31.7. The van der Waals surface area contributed by atoms with Crippen LogP contribution in [0.4, 0.5) is 17.1 Å². The third-order valence-electron chi connectivity index (χ3n) is 5.91. The molecule has 0 spiro atoms. The fourth-order valence-electron chi connectivity index (χ4n) is 3.98. The zero-order valence-corrected chi connectivity index (χ0v) is 21.9. The first kappa shape index (κ1) is 24.5. The highest BCUT2D eigenvalue weighted by atomic mass is 32.1. The van der Waals surface area contributed by atoms with Crippen molar-refractivity contribution >= 4 is 42.8 Å². The van der Waals surface area contributed by atoms with Gasteiger partial charge in [-0.05, 0) is 76.3 Å². The van der Waals surface area contributed by atoms with Gasteiger partial charge in [-0.15, -0.1) is 0 Å². The number of benzene rings is 3. The Bertz CT molecular complexity index is 1020. The second kappa shape index (κ2) is 10.7. The lowest BCUT2D eigenvalue weighted by Crippen LogP contribution is -2.42. The molecule has 3 aromatic carbocycles. The van der Waals surface area contributed by atoms with Crippen LogP contribution in [0, 0.1) is 0 Å². The Morgan fingerprint density at radius 1 is 0.824 bits per heavy atom. The molecule has 34 heavy (non-hydrogen) atoms. The van der Waals surface area contributed by atoms with Crippen molar-refractivity contribution in [1.82, 2.24) is 5.32 Å². The van der Waals surface area contributed by atoms with Crippen LogP contribution in [-0.4, -0.2) is 29.3 Å². The van der Waals surface area contributed by atoms with E-state index in [0.717, 1.165) is 5.69 Å². The Kier molecular flexibility index (Phi) is 7.72. The van der Waals surface area contributed by atoms with Crippen molar-refractivity contribution in [2.45, 2.75) is 45.4 Å². The summed E-state index contributed by atoms with van der Waals surface area (Å²) in [7, 11) is -1.11. The molecule has 1 aliphatic heterocycles. The van der Waals surface area contributed by atoms with Gasteiger partial charge in [-0.3, -0.25) is 0 Å². The van der Waals surface area contributed by atoms with Gasteiger partial charge in [0.2, 0.25) is 8.45 Å². The van der Waals surface area contributed by atoms with Gasteiger partial charge in [-0.2, -0.15) is 0 Å². The number of para-hydroxylation sites is 3. The van der Waals surface area contributed by atoms with E-state index < -0.39 is 14.1 Å². The largest absolute Gasteiger partial charge is 0.360 e. The van der Waals surface area contributed by atoms with Gasteiger partial charge in [0.15, 0.2) is 5.11 Å². The lowest BCUT2D eigenvalue weighted by Gasteiger charge is -2.38. The summed E-state index contributed by atoms with van der Waals surface area (Å²) in [4.78, 5) is 0. The molecule has 1 saturated heterocycles. The minimum absolute atomic E-state index is 0.290. The van der Waals surface area contributed by atoms with Crippen molar-refractivity contribution < 1.29 is 4.52 Å². The Balaban J connectivity index is 1.54. The molecular formula is C27H33N4OPS. The third-order valence-corrected chi connectivity index (χ3v) is 8.75. The fourth-order valence-corrected chi connectivity index (χ4v) is 6.74. The second-order valence-corrected chi connectivity index (χ2v) is 11.1. The van der Waals surface area contributed by atoms with Gasteiger partial charge in [0.05, 0.1) is 17.7 Å². The van der Waals surface area contributed by atoms with Crippen molar-refractivity contribution in [3.63, 3.8) is 0 Å². The number of rotatable bonds is 7. The zero-order valence-electron chi connectivity index (χ0n) is 20.2. The van der Waals surface area contributed by atoms with Crippen LogP contribution in [-0.2, 0) is 4.52 Å². The van der Waals surface area contributed by atoms with E-state index in [-0.39, 0.29) is 0 Å². The molecule has 7 heteroatoms. The standard InChI is InChI=1S/C27H33N4OPS/c1-21-22(2)31(25-18-12-7-13-19-25)33(30(21)24-16-10-6-11-17-24)32-27(3,4)20-28-26(34)29-23-14-8-5-9-15-23/h5-19,21-22H,20H2,1-4H3,(H2,28,29,34)/t21-,22-/m1/s1. The predicted octanol–water partition coefficient (Wildman–Crippen LogP) is 6.80. The van der Waals surface area contributed by atoms with Crippen LogP contribution >= 0.6 is 20.7 Å². The number of hydrogen-bond acceptors (Lipinski definition) is 4. The topological polar surface area (TPSA) is 39.8 Å². The maximum Gasteiger partial charge on any atom is 0.249 e. The molecule has 0 aromatic heterocycles. The van der Waals surface area contributed by atoms with Crippen LogP contribution in [0.15, 0.2) is 91.0 Å². The van der Waals surface area contributed by atoms with Gasteiger partial charge >= 0.3 is 0 Å². The molecule has 0 amide bonds. The molecule has 0 radical (unpaired) electrons. The first-order valence-corrected chi connectivity index (χ1v) is 13.2. The molecule has 0 unspecified atom stereocenters. The van der Waals surface area contributed by atoms with E-state index in [1.54, 1.807) is 0 Å². The molecule has 0 saturated carbocycles. The van der Waals surface area contributed by atoms with Crippen LogP contribution in [0.3, 0.4) is 0 Å². The normalized spacial score (nSPS) is 18.7. The quantitative estimate of drug-likeness (QED) is 0.279. The molecule has 0 bridgehead atoms. The summed E-state index contributed by atoms with van der Waals surface area (Å²) >= 11 is 5.53. The van der Waals surface area contributed by atoms with Gasteiger partial charge in [0.25, 0.3) is 0 Å². The first-order valence-electron chi connectivity index (χ1n) is 11.6. The van der Waals surface area contributed by atoms with Gasteiger partial charge in [-0.1, -0.05) is 54.6 Å². The Morgan fingerprint density at radius 2 is 1.26 bits per heavy atom. The van der Waals surface area contributed by atoms with E-state index in [9.17, 15) is 0 Å². The molecule has 1 fully saturated rings. The molecule has 178 valence electrons. The smallest absolute Gasteiger partial charge is 0.249 e. The van der Waals surface area contributed by atoms with E-state index in [1.807, 2.05) is 30.3 Å². The summed E-state index contributed by atoms with van der Waals surface area (Å²) < 4.78 is 11.8. The van der Waals surface area contributed by atoms with Crippen molar-refractivity contribution in [2.75, 3.05) is 21.2 Å². The molecule has 5 nitrogen and oxygen atoms in total. The number of anilines is 3. The van der Waals surface area contributed by atoms with E-state index in [4.69, 9.17) is 16.7 Å². The average Bonchev–Trinajstić information content (AvgIpc) is 3.08. The molecule has 0 aliphatic carbocycles. The maximum absolute atomic E-state index is 6.94. The van der Waals surface area contributed by atoms with Crippen molar-refractivity contribution in [3.8, 4) is 0 Å².